The third kappa shape index (κ3) is 3.69. The number of hydrogen-bond acceptors (Lipinski definition) is 3. The normalized spacial score (nSPS) is 28.9. The number of hydrogen-bond donors (Lipinski definition) is 1. The predicted molar refractivity (Wildman–Crippen MR) is 73.6 cm³/mol. The highest BCUT2D eigenvalue weighted by atomic mass is 16.2. The fourth-order valence-electron chi connectivity index (χ4n) is 3.07. The van der Waals surface area contributed by atoms with Gasteiger partial charge in [-0.2, -0.15) is 0 Å². The quantitative estimate of drug-likeness (QED) is 0.751. The molecule has 0 bridgehead atoms. The fraction of sp³-hybridized carbons (Fsp3) is 0.857. The van der Waals surface area contributed by atoms with E-state index in [4.69, 9.17) is 0 Å². The minimum atomic E-state index is 0.116. The van der Waals surface area contributed by atoms with E-state index in [9.17, 15) is 9.59 Å². The molecule has 0 aliphatic carbocycles. The van der Waals surface area contributed by atoms with Gasteiger partial charge in [-0.1, -0.05) is 0 Å². The molecule has 0 spiro atoms. The summed E-state index contributed by atoms with van der Waals surface area (Å²) in [4.78, 5) is 27.7. The molecule has 1 N–H and O–H groups in total. The monoisotopic (exact) mass is 267 g/mol. The van der Waals surface area contributed by atoms with Crippen LogP contribution in [0.5, 0.6) is 0 Å². The predicted octanol–water partition coefficient (Wildman–Crippen LogP) is 0.455. The van der Waals surface area contributed by atoms with Crippen LogP contribution in [0, 0.1) is 5.92 Å². The topological polar surface area (TPSA) is 52.7 Å². The van der Waals surface area contributed by atoms with Crippen LogP contribution >= 0.6 is 0 Å². The summed E-state index contributed by atoms with van der Waals surface area (Å²) in [6, 6.07) is 0.434. The Bertz CT molecular complexity index is 346. The first-order chi connectivity index (χ1) is 9.08. The number of carbonyl (C=O) groups excluding carboxylic acids is 2. The molecular weight excluding hydrogens is 242 g/mol. The van der Waals surface area contributed by atoms with Crippen molar-refractivity contribution in [2.75, 3.05) is 32.7 Å². The van der Waals surface area contributed by atoms with Gasteiger partial charge in [0, 0.05) is 45.1 Å². The summed E-state index contributed by atoms with van der Waals surface area (Å²) < 4.78 is 0. The average Bonchev–Trinajstić information content (AvgIpc) is 2.63. The molecule has 0 radical (unpaired) electrons. The standard InChI is InChI=1S/C14H25N3O2/c1-11-10-13(4-5-15-11)14(19)17-7-3-6-16(8-9-17)12(2)18/h11,13,15H,3-10H2,1-2H3. The molecule has 2 fully saturated rings. The third-order valence-electron chi connectivity index (χ3n) is 4.23. The summed E-state index contributed by atoms with van der Waals surface area (Å²) in [6.07, 6.45) is 2.77. The van der Waals surface area contributed by atoms with Gasteiger partial charge in [-0.25, -0.2) is 0 Å². The van der Waals surface area contributed by atoms with Gasteiger partial charge in [0.2, 0.25) is 11.8 Å². The minimum Gasteiger partial charge on any atom is -0.341 e. The lowest BCUT2D eigenvalue weighted by Gasteiger charge is -2.31. The molecule has 2 aliphatic heterocycles. The molecule has 0 aromatic heterocycles. The zero-order chi connectivity index (χ0) is 13.8. The minimum absolute atomic E-state index is 0.116. The van der Waals surface area contributed by atoms with Crippen LogP contribution in [0.4, 0.5) is 0 Å². The van der Waals surface area contributed by atoms with Crippen LogP contribution in [0.25, 0.3) is 0 Å². The molecule has 19 heavy (non-hydrogen) atoms. The molecule has 108 valence electrons. The van der Waals surface area contributed by atoms with Gasteiger partial charge in [0.25, 0.3) is 0 Å². The zero-order valence-electron chi connectivity index (χ0n) is 12.0. The Labute approximate surface area is 115 Å². The molecule has 5 heteroatoms. The highest BCUT2D eigenvalue weighted by molar-refractivity contribution is 5.79. The lowest BCUT2D eigenvalue weighted by Crippen LogP contribution is -2.45. The van der Waals surface area contributed by atoms with Gasteiger partial charge in [0.05, 0.1) is 0 Å². The second-order valence-electron chi connectivity index (χ2n) is 5.76. The van der Waals surface area contributed by atoms with Gasteiger partial charge < -0.3 is 15.1 Å². The van der Waals surface area contributed by atoms with Crippen molar-refractivity contribution in [2.45, 2.75) is 39.2 Å². The molecule has 0 saturated carbocycles. The maximum absolute atomic E-state index is 12.5. The van der Waals surface area contributed by atoms with Crippen molar-refractivity contribution in [1.82, 2.24) is 15.1 Å². The molecule has 2 unspecified atom stereocenters. The van der Waals surface area contributed by atoms with Crippen LogP contribution in [0.3, 0.4) is 0 Å². The first kappa shape index (κ1) is 14.3. The molecule has 2 heterocycles. The fourth-order valence-corrected chi connectivity index (χ4v) is 3.07. The molecule has 2 saturated heterocycles. The van der Waals surface area contributed by atoms with E-state index in [1.807, 2.05) is 9.80 Å². The molecule has 5 nitrogen and oxygen atoms in total. The van der Waals surface area contributed by atoms with Crippen LogP contribution in [0.2, 0.25) is 0 Å². The van der Waals surface area contributed by atoms with Gasteiger partial charge in [0.1, 0.15) is 0 Å². The highest BCUT2D eigenvalue weighted by Gasteiger charge is 2.29. The summed E-state index contributed by atoms with van der Waals surface area (Å²) in [5.74, 6) is 0.573. The first-order valence-corrected chi connectivity index (χ1v) is 7.35. The van der Waals surface area contributed by atoms with Crippen LogP contribution < -0.4 is 5.32 Å². The van der Waals surface area contributed by atoms with Gasteiger partial charge >= 0.3 is 0 Å². The Balaban J connectivity index is 1.90. The van der Waals surface area contributed by atoms with Crippen LogP contribution in [-0.4, -0.2) is 60.4 Å². The lowest BCUT2D eigenvalue weighted by atomic mass is 9.92. The third-order valence-corrected chi connectivity index (χ3v) is 4.23. The average molecular weight is 267 g/mol. The number of amides is 2. The van der Waals surface area contributed by atoms with Crippen LogP contribution in [0.15, 0.2) is 0 Å². The molecule has 2 aliphatic rings. The molecule has 2 atom stereocenters. The number of rotatable bonds is 1. The van der Waals surface area contributed by atoms with E-state index >= 15 is 0 Å². The van der Waals surface area contributed by atoms with Crippen molar-refractivity contribution in [3.8, 4) is 0 Å². The Morgan fingerprint density at radius 2 is 1.79 bits per heavy atom. The van der Waals surface area contributed by atoms with E-state index < -0.39 is 0 Å². The Kier molecular flexibility index (Phi) is 4.80. The summed E-state index contributed by atoms with van der Waals surface area (Å²) in [6.45, 7) is 7.62. The summed E-state index contributed by atoms with van der Waals surface area (Å²) in [5.41, 5.74) is 0. The number of carbonyl (C=O) groups is 2. The lowest BCUT2D eigenvalue weighted by molar-refractivity contribution is -0.137. The molecule has 0 aromatic carbocycles. The van der Waals surface area contributed by atoms with E-state index in [2.05, 4.69) is 12.2 Å². The summed E-state index contributed by atoms with van der Waals surface area (Å²) in [7, 11) is 0. The van der Waals surface area contributed by atoms with E-state index in [0.717, 1.165) is 38.9 Å². The smallest absolute Gasteiger partial charge is 0.225 e. The Morgan fingerprint density at radius 1 is 1.11 bits per heavy atom. The summed E-state index contributed by atoms with van der Waals surface area (Å²) in [5, 5.41) is 3.38. The number of nitrogens with one attached hydrogen (secondary N) is 1. The van der Waals surface area contributed by atoms with E-state index in [1.54, 1.807) is 6.92 Å². The second-order valence-corrected chi connectivity index (χ2v) is 5.76. The second kappa shape index (κ2) is 6.37. The van der Waals surface area contributed by atoms with Crippen LogP contribution in [0.1, 0.15) is 33.1 Å². The molecule has 2 rings (SSSR count). The van der Waals surface area contributed by atoms with E-state index in [0.29, 0.717) is 25.0 Å². The largest absolute Gasteiger partial charge is 0.341 e. The van der Waals surface area contributed by atoms with E-state index in [-0.39, 0.29) is 11.8 Å². The Hall–Kier alpha value is -1.10. The number of piperidine rings is 1. The number of nitrogens with zero attached hydrogens (tertiary/aromatic N) is 2. The van der Waals surface area contributed by atoms with Crippen molar-refractivity contribution >= 4 is 11.8 Å². The Morgan fingerprint density at radius 3 is 2.47 bits per heavy atom. The van der Waals surface area contributed by atoms with Crippen molar-refractivity contribution in [3.63, 3.8) is 0 Å². The van der Waals surface area contributed by atoms with Crippen molar-refractivity contribution in [1.29, 1.82) is 0 Å². The highest BCUT2D eigenvalue weighted by Crippen LogP contribution is 2.19. The molecule has 0 aromatic rings. The first-order valence-electron chi connectivity index (χ1n) is 7.35. The molecular formula is C14H25N3O2. The van der Waals surface area contributed by atoms with Crippen molar-refractivity contribution in [2.24, 2.45) is 5.92 Å². The maximum atomic E-state index is 12.5. The van der Waals surface area contributed by atoms with Crippen molar-refractivity contribution < 1.29 is 9.59 Å². The maximum Gasteiger partial charge on any atom is 0.225 e. The zero-order valence-corrected chi connectivity index (χ0v) is 12.0. The van der Waals surface area contributed by atoms with Crippen LogP contribution in [-0.2, 0) is 9.59 Å². The van der Waals surface area contributed by atoms with Gasteiger partial charge in [-0.15, -0.1) is 0 Å². The van der Waals surface area contributed by atoms with E-state index in [1.165, 1.54) is 0 Å². The molecule has 2 amide bonds. The summed E-state index contributed by atoms with van der Waals surface area (Å²) >= 11 is 0. The van der Waals surface area contributed by atoms with Gasteiger partial charge in [-0.05, 0) is 32.7 Å². The van der Waals surface area contributed by atoms with Gasteiger partial charge in [0.15, 0.2) is 0 Å². The van der Waals surface area contributed by atoms with Gasteiger partial charge in [-0.3, -0.25) is 9.59 Å². The SMILES string of the molecule is CC(=O)N1CCCN(C(=O)C2CCNC(C)C2)CC1. The van der Waals surface area contributed by atoms with Crippen molar-refractivity contribution in [3.05, 3.63) is 0 Å².